The molecule has 0 aromatic carbocycles. The van der Waals surface area contributed by atoms with Gasteiger partial charge in [0.25, 0.3) is 10.0 Å². The Kier molecular flexibility index (Phi) is 4.25. The molecular formula is C10H13N3O7S. The summed E-state index contributed by atoms with van der Waals surface area (Å²) >= 11 is 0. The monoisotopic (exact) mass is 319 g/mol. The van der Waals surface area contributed by atoms with Gasteiger partial charge in [-0.3, -0.25) is 5.10 Å². The fourth-order valence-corrected chi connectivity index (χ4v) is 3.36. The molecule has 10 nitrogen and oxygen atoms in total. The molecule has 2 heterocycles. The molecular weight excluding hydrogens is 306 g/mol. The predicted molar refractivity (Wildman–Crippen MR) is 66.1 cm³/mol. The molecule has 1 fully saturated rings. The van der Waals surface area contributed by atoms with Crippen molar-refractivity contribution in [3.63, 3.8) is 0 Å². The van der Waals surface area contributed by atoms with Crippen molar-refractivity contribution in [2.75, 3.05) is 26.8 Å². The zero-order valence-electron chi connectivity index (χ0n) is 11.0. The predicted octanol–water partition coefficient (Wildman–Crippen LogP) is -1.33. The molecule has 1 aromatic heterocycles. The first kappa shape index (κ1) is 15.4. The van der Waals surface area contributed by atoms with Crippen molar-refractivity contribution in [1.82, 2.24) is 14.5 Å². The molecule has 1 unspecified atom stereocenters. The number of H-pyrrole nitrogens is 1. The summed E-state index contributed by atoms with van der Waals surface area (Å²) in [5.41, 5.74) is -0.462. The highest BCUT2D eigenvalue weighted by Crippen LogP contribution is 2.20. The standard InChI is InChI=1S/C10H13N3O7S/c1-19-10(16)7-5-13(2-3-20-7)21(17,18)8-6(9(14)15)4-11-12-8/h4,7H,2-3,5H2,1H3,(H,11,12)(H,14,15). The lowest BCUT2D eigenvalue weighted by atomic mass is 10.3. The second-order valence-corrected chi connectivity index (χ2v) is 6.04. The van der Waals surface area contributed by atoms with Gasteiger partial charge in [0.1, 0.15) is 5.56 Å². The van der Waals surface area contributed by atoms with Gasteiger partial charge < -0.3 is 14.6 Å². The molecule has 0 bridgehead atoms. The molecule has 0 saturated carbocycles. The van der Waals surface area contributed by atoms with Crippen LogP contribution in [-0.4, -0.2) is 72.9 Å². The Labute approximate surface area is 119 Å². The van der Waals surface area contributed by atoms with Gasteiger partial charge in [0.05, 0.1) is 26.5 Å². The summed E-state index contributed by atoms with van der Waals surface area (Å²) in [6.45, 7) is -0.267. The Morgan fingerprint density at radius 3 is 2.90 bits per heavy atom. The van der Waals surface area contributed by atoms with E-state index in [1.807, 2.05) is 0 Å². The number of nitrogens with one attached hydrogen (secondary N) is 1. The summed E-state index contributed by atoms with van der Waals surface area (Å²) in [7, 11) is -2.96. The van der Waals surface area contributed by atoms with Gasteiger partial charge in [-0.1, -0.05) is 0 Å². The Hall–Kier alpha value is -1.98. The number of aromatic nitrogens is 2. The minimum Gasteiger partial charge on any atom is -0.478 e. The molecule has 0 radical (unpaired) electrons. The van der Waals surface area contributed by atoms with Crippen molar-refractivity contribution >= 4 is 22.0 Å². The maximum absolute atomic E-state index is 12.4. The van der Waals surface area contributed by atoms with Crippen molar-refractivity contribution in [3.05, 3.63) is 11.8 Å². The SMILES string of the molecule is COC(=O)C1CN(S(=O)(=O)c2[nH]ncc2C(=O)O)CCO1. The van der Waals surface area contributed by atoms with E-state index in [1.165, 1.54) is 0 Å². The first-order valence-corrected chi connectivity index (χ1v) is 7.28. The maximum Gasteiger partial charge on any atom is 0.340 e. The van der Waals surface area contributed by atoms with Crippen LogP contribution in [0.4, 0.5) is 0 Å². The summed E-state index contributed by atoms with van der Waals surface area (Å²) in [6.07, 6.45) is -0.136. The molecule has 1 atom stereocenters. The van der Waals surface area contributed by atoms with Crippen LogP contribution in [0.1, 0.15) is 10.4 Å². The number of aromatic amines is 1. The number of esters is 1. The number of methoxy groups -OCH3 is 1. The fraction of sp³-hybridized carbons (Fsp3) is 0.500. The van der Waals surface area contributed by atoms with E-state index < -0.39 is 38.7 Å². The number of morpholine rings is 1. The van der Waals surface area contributed by atoms with Crippen molar-refractivity contribution < 1.29 is 32.6 Å². The summed E-state index contributed by atoms with van der Waals surface area (Å²) in [5.74, 6) is -2.11. The average Bonchev–Trinajstić information content (AvgIpc) is 2.97. The number of aromatic carboxylic acids is 1. The Morgan fingerprint density at radius 1 is 1.57 bits per heavy atom. The molecule has 0 amide bonds. The van der Waals surface area contributed by atoms with Crippen LogP contribution < -0.4 is 0 Å². The minimum absolute atomic E-state index is 0.00443. The zero-order chi connectivity index (χ0) is 15.6. The quantitative estimate of drug-likeness (QED) is 0.651. The van der Waals surface area contributed by atoms with Crippen molar-refractivity contribution in [3.8, 4) is 0 Å². The molecule has 116 valence electrons. The summed E-state index contributed by atoms with van der Waals surface area (Å²) in [5, 5.41) is 14.0. The Bertz CT molecular complexity index is 653. The van der Waals surface area contributed by atoms with E-state index in [0.29, 0.717) is 0 Å². The maximum atomic E-state index is 12.4. The molecule has 1 aliphatic heterocycles. The first-order valence-electron chi connectivity index (χ1n) is 5.84. The molecule has 0 spiro atoms. The number of carbonyl (C=O) groups is 2. The molecule has 21 heavy (non-hydrogen) atoms. The lowest BCUT2D eigenvalue weighted by Crippen LogP contribution is -2.49. The number of carboxylic acid groups (broad SMARTS) is 1. The van der Waals surface area contributed by atoms with Crippen LogP contribution in [0.15, 0.2) is 11.2 Å². The lowest BCUT2D eigenvalue weighted by molar-refractivity contribution is -0.157. The van der Waals surface area contributed by atoms with Crippen LogP contribution >= 0.6 is 0 Å². The molecule has 0 aliphatic carbocycles. The van der Waals surface area contributed by atoms with Crippen LogP contribution in [0, 0.1) is 0 Å². The van der Waals surface area contributed by atoms with Gasteiger partial charge in [-0.2, -0.15) is 9.40 Å². The second-order valence-electron chi connectivity index (χ2n) is 4.16. The van der Waals surface area contributed by atoms with Gasteiger partial charge in [0.2, 0.25) is 0 Å². The van der Waals surface area contributed by atoms with Gasteiger partial charge in [0.15, 0.2) is 11.1 Å². The molecule has 1 aromatic rings. The van der Waals surface area contributed by atoms with Crippen LogP contribution in [0.2, 0.25) is 0 Å². The van der Waals surface area contributed by atoms with Gasteiger partial charge in [-0.15, -0.1) is 0 Å². The normalized spacial score (nSPS) is 20.1. The van der Waals surface area contributed by atoms with E-state index in [1.54, 1.807) is 0 Å². The van der Waals surface area contributed by atoms with E-state index in [4.69, 9.17) is 9.84 Å². The van der Waals surface area contributed by atoms with Crippen molar-refractivity contribution in [1.29, 1.82) is 0 Å². The first-order chi connectivity index (χ1) is 9.87. The van der Waals surface area contributed by atoms with E-state index in [9.17, 15) is 18.0 Å². The summed E-state index contributed by atoms with van der Waals surface area (Å²) in [6, 6.07) is 0. The van der Waals surface area contributed by atoms with Crippen molar-refractivity contribution in [2.24, 2.45) is 0 Å². The molecule has 2 rings (SSSR count). The van der Waals surface area contributed by atoms with Gasteiger partial charge in [-0.25, -0.2) is 18.0 Å². The van der Waals surface area contributed by atoms with E-state index in [2.05, 4.69) is 14.9 Å². The number of carboxylic acids is 1. The largest absolute Gasteiger partial charge is 0.478 e. The smallest absolute Gasteiger partial charge is 0.340 e. The number of carbonyl (C=O) groups excluding carboxylic acids is 1. The second kappa shape index (κ2) is 5.79. The van der Waals surface area contributed by atoms with Crippen LogP contribution in [0.25, 0.3) is 0 Å². The highest BCUT2D eigenvalue weighted by atomic mass is 32.2. The summed E-state index contributed by atoms with van der Waals surface area (Å²) < 4.78 is 35.4. The van der Waals surface area contributed by atoms with Crippen LogP contribution in [-0.2, 0) is 24.3 Å². The van der Waals surface area contributed by atoms with Crippen LogP contribution in [0.5, 0.6) is 0 Å². The number of ether oxygens (including phenoxy) is 2. The van der Waals surface area contributed by atoms with E-state index in [0.717, 1.165) is 17.6 Å². The lowest BCUT2D eigenvalue weighted by Gasteiger charge is -2.30. The zero-order valence-corrected chi connectivity index (χ0v) is 11.8. The topological polar surface area (TPSA) is 139 Å². The molecule has 1 aliphatic rings. The molecule has 2 N–H and O–H groups in total. The van der Waals surface area contributed by atoms with E-state index in [-0.39, 0.29) is 19.7 Å². The average molecular weight is 319 g/mol. The Balaban J connectivity index is 2.29. The molecule has 1 saturated heterocycles. The third-order valence-corrected chi connectivity index (χ3v) is 4.76. The van der Waals surface area contributed by atoms with Gasteiger partial charge in [0, 0.05) is 6.54 Å². The number of rotatable bonds is 4. The third kappa shape index (κ3) is 2.89. The van der Waals surface area contributed by atoms with Gasteiger partial charge in [-0.05, 0) is 0 Å². The highest BCUT2D eigenvalue weighted by molar-refractivity contribution is 7.89. The number of nitrogens with zero attached hydrogens (tertiary/aromatic N) is 2. The summed E-state index contributed by atoms with van der Waals surface area (Å²) in [4.78, 5) is 22.4. The fourth-order valence-electron chi connectivity index (χ4n) is 1.87. The van der Waals surface area contributed by atoms with Crippen LogP contribution in [0.3, 0.4) is 0 Å². The minimum atomic E-state index is -4.12. The Morgan fingerprint density at radius 2 is 2.29 bits per heavy atom. The van der Waals surface area contributed by atoms with Gasteiger partial charge >= 0.3 is 11.9 Å². The molecule has 11 heteroatoms. The number of hydrogen-bond donors (Lipinski definition) is 2. The van der Waals surface area contributed by atoms with Crippen molar-refractivity contribution in [2.45, 2.75) is 11.1 Å². The number of hydrogen-bond acceptors (Lipinski definition) is 7. The van der Waals surface area contributed by atoms with E-state index >= 15 is 0 Å². The number of sulfonamides is 1. The third-order valence-electron chi connectivity index (χ3n) is 2.93. The highest BCUT2D eigenvalue weighted by Gasteiger charge is 2.37.